The van der Waals surface area contributed by atoms with Gasteiger partial charge in [0.05, 0.1) is 35.4 Å². The molecule has 12 heteroatoms. The van der Waals surface area contributed by atoms with Gasteiger partial charge < -0.3 is 19.6 Å². The number of aromatic nitrogens is 2. The Bertz CT molecular complexity index is 1540. The maximum absolute atomic E-state index is 13.5. The van der Waals surface area contributed by atoms with Crippen molar-refractivity contribution < 1.29 is 33.0 Å². The van der Waals surface area contributed by atoms with Crippen LogP contribution in [-0.2, 0) is 4.74 Å². The number of H-pyrrole nitrogens is 1. The summed E-state index contributed by atoms with van der Waals surface area (Å²) in [5.41, 5.74) is 0.942. The number of aromatic amines is 1. The minimum atomic E-state index is -1.28. The number of pyridine rings is 2. The highest BCUT2D eigenvalue weighted by Gasteiger charge is 2.18. The molecule has 2 aromatic carbocycles. The molecule has 8 nitrogen and oxygen atoms in total. The number of carboxylic acids is 1. The van der Waals surface area contributed by atoms with Gasteiger partial charge in [0.25, 0.3) is 0 Å². The van der Waals surface area contributed by atoms with Crippen LogP contribution in [0, 0.1) is 11.6 Å². The van der Waals surface area contributed by atoms with Crippen LogP contribution >= 0.6 is 23.2 Å². The van der Waals surface area contributed by atoms with Gasteiger partial charge in [-0.2, -0.15) is 0 Å². The molecular weight excluding hydrogens is 545 g/mol. The number of carbonyl (C=O) groups excluding carboxylic acids is 1. The molecular formula is C26H18Cl2F2N2O6. The van der Waals surface area contributed by atoms with Crippen molar-refractivity contribution in [2.24, 2.45) is 0 Å². The van der Waals surface area contributed by atoms with Crippen molar-refractivity contribution in [2.45, 2.75) is 0 Å². The third-order valence-corrected chi connectivity index (χ3v) is 5.88. The van der Waals surface area contributed by atoms with E-state index in [9.17, 15) is 23.2 Å². The van der Waals surface area contributed by atoms with Crippen molar-refractivity contribution in [3.05, 3.63) is 104 Å². The van der Waals surface area contributed by atoms with Crippen LogP contribution in [0.5, 0.6) is 5.88 Å². The summed E-state index contributed by atoms with van der Waals surface area (Å²) in [6.07, 6.45) is 2.83. The number of esters is 1. The lowest BCUT2D eigenvalue weighted by atomic mass is 10.0. The van der Waals surface area contributed by atoms with Crippen molar-refractivity contribution in [3.63, 3.8) is 0 Å². The fraction of sp³-hybridized carbons (Fsp3) is 0.0769. The Hall–Kier alpha value is -4.28. The summed E-state index contributed by atoms with van der Waals surface area (Å²) in [6, 6.07) is 10.2. The second kappa shape index (κ2) is 12.3. The number of nitrogens with one attached hydrogen (secondary N) is 1. The zero-order chi connectivity index (χ0) is 28.0. The summed E-state index contributed by atoms with van der Waals surface area (Å²) >= 11 is 12.0. The minimum absolute atomic E-state index is 0.0270. The van der Waals surface area contributed by atoms with E-state index >= 15 is 0 Å². The summed E-state index contributed by atoms with van der Waals surface area (Å²) in [7, 11) is 2.66. The number of aromatic carboxylic acids is 1. The lowest BCUT2D eigenvalue weighted by Gasteiger charge is -2.08. The van der Waals surface area contributed by atoms with Crippen molar-refractivity contribution in [1.82, 2.24) is 9.97 Å². The zero-order valence-corrected chi connectivity index (χ0v) is 21.2. The first-order chi connectivity index (χ1) is 18.0. The number of hydrogen-bond donors (Lipinski definition) is 2. The Labute approximate surface area is 224 Å². The summed E-state index contributed by atoms with van der Waals surface area (Å²) in [5, 5.41) is 9.00. The molecule has 0 spiro atoms. The van der Waals surface area contributed by atoms with Crippen molar-refractivity contribution in [2.75, 3.05) is 14.2 Å². The van der Waals surface area contributed by atoms with Gasteiger partial charge >= 0.3 is 11.9 Å². The van der Waals surface area contributed by atoms with E-state index in [2.05, 4.69) is 14.7 Å². The first-order valence-corrected chi connectivity index (χ1v) is 11.3. The van der Waals surface area contributed by atoms with E-state index in [1.54, 1.807) is 12.1 Å². The molecule has 2 heterocycles. The number of carboxylic acid groups (broad SMARTS) is 1. The molecule has 0 saturated carbocycles. The van der Waals surface area contributed by atoms with Crippen molar-refractivity contribution in [1.29, 1.82) is 0 Å². The van der Waals surface area contributed by atoms with E-state index in [0.29, 0.717) is 22.6 Å². The molecule has 4 aromatic rings. The van der Waals surface area contributed by atoms with Crippen molar-refractivity contribution in [3.8, 4) is 28.1 Å². The third-order valence-electron chi connectivity index (χ3n) is 5.06. The van der Waals surface area contributed by atoms with Crippen LogP contribution in [0.3, 0.4) is 0 Å². The standard InChI is InChI=1S/2C13H9ClFNO3/c1-19-11-3-2-7(6-16-11)9-4-8(15)5-10(12(9)14)13(17)18;1-19-13(18)10-5-8(15)4-9(12(10)14)7-2-3-11(17)16-6-7/h2-6H,1H3,(H,17,18);2-6H,1H3,(H,16,17). The van der Waals surface area contributed by atoms with Gasteiger partial charge in [0.1, 0.15) is 11.6 Å². The summed E-state index contributed by atoms with van der Waals surface area (Å²) in [5.74, 6) is -2.91. The van der Waals surface area contributed by atoms with Gasteiger partial charge in [-0.25, -0.2) is 23.4 Å². The molecule has 0 aliphatic heterocycles. The van der Waals surface area contributed by atoms with E-state index in [1.165, 1.54) is 44.8 Å². The van der Waals surface area contributed by atoms with Crippen LogP contribution in [-0.4, -0.2) is 41.2 Å². The highest BCUT2D eigenvalue weighted by atomic mass is 35.5. The van der Waals surface area contributed by atoms with Crippen LogP contribution in [0.25, 0.3) is 22.3 Å². The smallest absolute Gasteiger partial charge is 0.339 e. The first kappa shape index (κ1) is 28.3. The van der Waals surface area contributed by atoms with E-state index in [0.717, 1.165) is 18.2 Å². The number of benzene rings is 2. The summed E-state index contributed by atoms with van der Waals surface area (Å²) < 4.78 is 36.4. The van der Waals surface area contributed by atoms with Gasteiger partial charge in [-0.1, -0.05) is 23.2 Å². The zero-order valence-electron chi connectivity index (χ0n) is 19.7. The predicted octanol–water partition coefficient (Wildman–Crippen LogP) is 5.87. The maximum Gasteiger partial charge on any atom is 0.339 e. The molecule has 0 amide bonds. The molecule has 2 aromatic heterocycles. The van der Waals surface area contributed by atoms with Crippen LogP contribution < -0.4 is 10.3 Å². The molecule has 0 aliphatic rings. The Morgan fingerprint density at radius 3 is 1.97 bits per heavy atom. The lowest BCUT2D eigenvalue weighted by Crippen LogP contribution is -2.05. The lowest BCUT2D eigenvalue weighted by molar-refractivity contribution is 0.0599. The van der Waals surface area contributed by atoms with Crippen molar-refractivity contribution >= 4 is 35.1 Å². The molecule has 196 valence electrons. The molecule has 0 unspecified atom stereocenters. The average Bonchev–Trinajstić information content (AvgIpc) is 2.91. The van der Waals surface area contributed by atoms with Crippen LogP contribution in [0.4, 0.5) is 8.78 Å². The fourth-order valence-corrected chi connectivity index (χ4v) is 3.85. The van der Waals surface area contributed by atoms with Crippen LogP contribution in [0.2, 0.25) is 10.0 Å². The van der Waals surface area contributed by atoms with Gasteiger partial charge in [0.15, 0.2) is 0 Å². The number of carbonyl (C=O) groups is 2. The molecule has 38 heavy (non-hydrogen) atoms. The predicted molar refractivity (Wildman–Crippen MR) is 137 cm³/mol. The monoisotopic (exact) mass is 562 g/mol. The highest BCUT2D eigenvalue weighted by molar-refractivity contribution is 6.36. The second-order valence-electron chi connectivity index (χ2n) is 7.46. The normalized spacial score (nSPS) is 10.3. The molecule has 0 radical (unpaired) electrons. The van der Waals surface area contributed by atoms with Gasteiger partial charge in [0.2, 0.25) is 11.4 Å². The van der Waals surface area contributed by atoms with E-state index in [1.807, 2.05) is 0 Å². The number of hydrogen-bond acceptors (Lipinski definition) is 6. The van der Waals surface area contributed by atoms with Crippen LogP contribution in [0.1, 0.15) is 20.7 Å². The van der Waals surface area contributed by atoms with E-state index < -0.39 is 23.6 Å². The van der Waals surface area contributed by atoms with Crippen LogP contribution in [0.15, 0.2) is 65.7 Å². The summed E-state index contributed by atoms with van der Waals surface area (Å²) in [6.45, 7) is 0. The van der Waals surface area contributed by atoms with Gasteiger partial charge in [-0.05, 0) is 42.0 Å². The number of halogens is 4. The molecule has 0 saturated heterocycles. The highest BCUT2D eigenvalue weighted by Crippen LogP contribution is 2.33. The number of rotatable bonds is 5. The quantitative estimate of drug-likeness (QED) is 0.292. The molecule has 2 N–H and O–H groups in total. The number of ether oxygens (including phenoxy) is 2. The Kier molecular flexibility index (Phi) is 9.16. The second-order valence-corrected chi connectivity index (χ2v) is 8.21. The molecule has 0 aliphatic carbocycles. The summed E-state index contributed by atoms with van der Waals surface area (Å²) in [4.78, 5) is 39.9. The Morgan fingerprint density at radius 2 is 1.47 bits per heavy atom. The molecule has 4 rings (SSSR count). The van der Waals surface area contributed by atoms with Gasteiger partial charge in [-0.3, -0.25) is 4.79 Å². The molecule has 0 bridgehead atoms. The number of nitrogens with zero attached hydrogens (tertiary/aromatic N) is 1. The van der Waals surface area contributed by atoms with Gasteiger partial charge in [-0.15, -0.1) is 0 Å². The SMILES string of the molecule is COC(=O)c1cc(F)cc(-c2ccc(=O)[nH]c2)c1Cl.COc1ccc(-c2cc(F)cc(C(=O)O)c2Cl)cn1. The Balaban J connectivity index is 0.000000211. The molecule has 0 atom stereocenters. The topological polar surface area (TPSA) is 119 Å². The fourth-order valence-electron chi connectivity index (χ4n) is 3.25. The van der Waals surface area contributed by atoms with Gasteiger partial charge in [0, 0.05) is 41.2 Å². The average molecular weight is 563 g/mol. The maximum atomic E-state index is 13.5. The third kappa shape index (κ3) is 6.53. The molecule has 0 fully saturated rings. The number of methoxy groups -OCH3 is 2. The largest absolute Gasteiger partial charge is 0.481 e. The Morgan fingerprint density at radius 1 is 0.895 bits per heavy atom. The first-order valence-electron chi connectivity index (χ1n) is 10.5. The van der Waals surface area contributed by atoms with E-state index in [4.69, 9.17) is 33.0 Å². The van der Waals surface area contributed by atoms with E-state index in [-0.39, 0.29) is 32.3 Å². The minimum Gasteiger partial charge on any atom is -0.481 e.